The highest BCUT2D eigenvalue weighted by Gasteiger charge is 2.40. The van der Waals surface area contributed by atoms with Gasteiger partial charge in [0, 0.05) is 0 Å². The summed E-state index contributed by atoms with van der Waals surface area (Å²) in [5, 5.41) is 3.24. The number of nitrogens with one attached hydrogen (secondary N) is 1. The van der Waals surface area contributed by atoms with E-state index < -0.39 is 11.7 Å². The number of alkyl halides is 3. The normalized spacial score (nSPS) is 27.9. The highest BCUT2D eigenvalue weighted by Crippen LogP contribution is 2.44. The first-order valence-electron chi connectivity index (χ1n) is 6.89. The number of rotatable bonds is 0. The van der Waals surface area contributed by atoms with E-state index in [-0.39, 0.29) is 17.6 Å². The van der Waals surface area contributed by atoms with Gasteiger partial charge in [0.05, 0.1) is 17.3 Å². The smallest absolute Gasteiger partial charge is 0.416 e. The van der Waals surface area contributed by atoms with Crippen molar-refractivity contribution in [2.75, 3.05) is 5.32 Å². The van der Waals surface area contributed by atoms with Gasteiger partial charge >= 0.3 is 6.18 Å². The van der Waals surface area contributed by atoms with Crippen LogP contribution in [0.1, 0.15) is 38.7 Å². The van der Waals surface area contributed by atoms with Crippen molar-refractivity contribution in [3.8, 4) is 5.75 Å². The van der Waals surface area contributed by atoms with Crippen LogP contribution in [0.3, 0.4) is 0 Å². The molecule has 1 N–H and O–H groups in total. The average molecular weight is 285 g/mol. The molecule has 0 spiro atoms. The fourth-order valence-corrected chi connectivity index (χ4v) is 3.13. The van der Waals surface area contributed by atoms with Crippen molar-refractivity contribution in [1.29, 1.82) is 0 Å². The monoisotopic (exact) mass is 285 g/mol. The van der Waals surface area contributed by atoms with Crippen LogP contribution < -0.4 is 10.1 Å². The molecule has 1 aromatic rings. The molecule has 0 amide bonds. The van der Waals surface area contributed by atoms with Crippen molar-refractivity contribution in [2.45, 2.75) is 51.4 Å². The summed E-state index contributed by atoms with van der Waals surface area (Å²) < 4.78 is 44.1. The van der Waals surface area contributed by atoms with Crippen molar-refractivity contribution in [3.05, 3.63) is 23.8 Å². The van der Waals surface area contributed by atoms with Gasteiger partial charge in [0.25, 0.3) is 0 Å². The van der Waals surface area contributed by atoms with Crippen molar-refractivity contribution < 1.29 is 17.9 Å². The molecule has 1 aliphatic heterocycles. The summed E-state index contributed by atoms with van der Waals surface area (Å²) in [7, 11) is 0. The minimum atomic E-state index is -4.32. The second kappa shape index (κ2) is 4.30. The van der Waals surface area contributed by atoms with Crippen LogP contribution in [0.15, 0.2) is 18.2 Å². The Kier molecular flexibility index (Phi) is 2.92. The molecular weight excluding hydrogens is 267 g/mol. The largest absolute Gasteiger partial charge is 0.486 e. The van der Waals surface area contributed by atoms with E-state index in [1.807, 2.05) is 0 Å². The summed E-state index contributed by atoms with van der Waals surface area (Å²) in [6.45, 7) is 4.37. The van der Waals surface area contributed by atoms with E-state index in [4.69, 9.17) is 4.74 Å². The van der Waals surface area contributed by atoms with Gasteiger partial charge in [0.15, 0.2) is 0 Å². The number of hydrogen-bond acceptors (Lipinski definition) is 2. The summed E-state index contributed by atoms with van der Waals surface area (Å²) in [5.74, 6) is 0.527. The lowest BCUT2D eigenvalue weighted by molar-refractivity contribution is -0.137. The highest BCUT2D eigenvalue weighted by atomic mass is 19.4. The van der Waals surface area contributed by atoms with E-state index in [0.717, 1.165) is 31.4 Å². The van der Waals surface area contributed by atoms with Gasteiger partial charge in [-0.3, -0.25) is 0 Å². The standard InChI is InChI=1S/C15H18F3NO/c1-14(2)6-5-13-11(8-14)19-10-7-9(15(16,17)18)3-4-12(10)20-13/h3-4,7,11,13,19H,5-6,8H2,1-2H3. The Hall–Kier alpha value is -1.39. The van der Waals surface area contributed by atoms with Gasteiger partial charge in [-0.05, 0) is 42.9 Å². The third kappa shape index (κ3) is 2.45. The Labute approximate surface area is 116 Å². The second-order valence-electron chi connectivity index (χ2n) is 6.52. The van der Waals surface area contributed by atoms with Crippen LogP contribution >= 0.6 is 0 Å². The molecule has 1 saturated carbocycles. The second-order valence-corrected chi connectivity index (χ2v) is 6.52. The molecule has 5 heteroatoms. The van der Waals surface area contributed by atoms with Gasteiger partial charge in [0.2, 0.25) is 0 Å². The van der Waals surface area contributed by atoms with Gasteiger partial charge in [0.1, 0.15) is 11.9 Å². The van der Waals surface area contributed by atoms with Gasteiger partial charge in [-0.1, -0.05) is 13.8 Å². The third-order valence-electron chi connectivity index (χ3n) is 4.25. The van der Waals surface area contributed by atoms with Crippen molar-refractivity contribution in [1.82, 2.24) is 0 Å². The van der Waals surface area contributed by atoms with Gasteiger partial charge in [-0.25, -0.2) is 0 Å². The minimum Gasteiger partial charge on any atom is -0.486 e. The molecule has 1 heterocycles. The zero-order chi connectivity index (χ0) is 14.5. The number of hydrogen-bond donors (Lipinski definition) is 1. The Morgan fingerprint density at radius 1 is 1.30 bits per heavy atom. The Bertz CT molecular complexity index is 524. The molecule has 110 valence electrons. The zero-order valence-electron chi connectivity index (χ0n) is 11.6. The topological polar surface area (TPSA) is 21.3 Å². The summed E-state index contributed by atoms with van der Waals surface area (Å²) in [6.07, 6.45) is -1.34. The Balaban J connectivity index is 1.88. The van der Waals surface area contributed by atoms with Gasteiger partial charge in [-0.2, -0.15) is 13.2 Å². The van der Waals surface area contributed by atoms with E-state index >= 15 is 0 Å². The van der Waals surface area contributed by atoms with Gasteiger partial charge in [-0.15, -0.1) is 0 Å². The lowest BCUT2D eigenvalue weighted by atomic mass is 9.73. The van der Waals surface area contributed by atoms with Crippen molar-refractivity contribution >= 4 is 5.69 Å². The van der Waals surface area contributed by atoms with Crippen LogP contribution in [0.2, 0.25) is 0 Å². The van der Waals surface area contributed by atoms with Crippen LogP contribution in [0.4, 0.5) is 18.9 Å². The first kappa shape index (κ1) is 13.6. The Morgan fingerprint density at radius 2 is 2.05 bits per heavy atom. The molecule has 0 saturated heterocycles. The highest BCUT2D eigenvalue weighted by molar-refractivity contribution is 5.61. The third-order valence-corrected chi connectivity index (χ3v) is 4.25. The molecule has 20 heavy (non-hydrogen) atoms. The first-order chi connectivity index (χ1) is 9.24. The molecular formula is C15H18F3NO. The molecule has 1 aliphatic carbocycles. The van der Waals surface area contributed by atoms with Crippen molar-refractivity contribution in [2.24, 2.45) is 5.41 Å². The van der Waals surface area contributed by atoms with Crippen LogP contribution in [0, 0.1) is 5.41 Å². The summed E-state index contributed by atoms with van der Waals surface area (Å²) in [5.41, 5.74) is 0.0241. The molecule has 1 fully saturated rings. The number of halogens is 3. The average Bonchev–Trinajstić information content (AvgIpc) is 2.33. The molecule has 2 atom stereocenters. The van der Waals surface area contributed by atoms with Gasteiger partial charge < -0.3 is 10.1 Å². The van der Waals surface area contributed by atoms with Crippen molar-refractivity contribution in [3.63, 3.8) is 0 Å². The zero-order valence-corrected chi connectivity index (χ0v) is 11.6. The minimum absolute atomic E-state index is 0.0623. The van der Waals surface area contributed by atoms with Crippen LogP contribution in [-0.2, 0) is 6.18 Å². The SMILES string of the molecule is CC1(C)CCC2Oc3ccc(C(F)(F)F)cc3NC2C1. The van der Waals surface area contributed by atoms with E-state index in [0.29, 0.717) is 11.4 Å². The lowest BCUT2D eigenvalue weighted by Crippen LogP contribution is -2.47. The summed E-state index contributed by atoms with van der Waals surface area (Å²) >= 11 is 0. The predicted octanol–water partition coefficient (Wildman–Crippen LogP) is 4.46. The van der Waals surface area contributed by atoms with Crippen LogP contribution in [-0.4, -0.2) is 12.1 Å². The molecule has 0 aromatic heterocycles. The van der Waals surface area contributed by atoms with Crippen LogP contribution in [0.5, 0.6) is 5.75 Å². The maximum Gasteiger partial charge on any atom is 0.416 e. The molecule has 2 aliphatic rings. The molecule has 1 aromatic carbocycles. The molecule has 3 rings (SSSR count). The molecule has 2 unspecified atom stereocenters. The van der Waals surface area contributed by atoms with Crippen LogP contribution in [0.25, 0.3) is 0 Å². The number of ether oxygens (including phenoxy) is 1. The number of fused-ring (bicyclic) bond motifs is 2. The summed E-state index contributed by atoms with van der Waals surface area (Å²) in [6, 6.07) is 3.73. The number of benzene rings is 1. The van der Waals surface area contributed by atoms with E-state index in [1.54, 1.807) is 0 Å². The number of anilines is 1. The lowest BCUT2D eigenvalue weighted by Gasteiger charge is -2.44. The molecule has 2 nitrogen and oxygen atoms in total. The quantitative estimate of drug-likeness (QED) is 0.760. The molecule has 0 radical (unpaired) electrons. The van der Waals surface area contributed by atoms with E-state index in [1.165, 1.54) is 6.07 Å². The maximum absolute atomic E-state index is 12.7. The first-order valence-corrected chi connectivity index (χ1v) is 6.89. The fraction of sp³-hybridized carbons (Fsp3) is 0.600. The summed E-state index contributed by atoms with van der Waals surface area (Å²) in [4.78, 5) is 0. The molecule has 0 bridgehead atoms. The Morgan fingerprint density at radius 3 is 2.75 bits per heavy atom. The fourth-order valence-electron chi connectivity index (χ4n) is 3.13. The predicted molar refractivity (Wildman–Crippen MR) is 70.9 cm³/mol. The van der Waals surface area contributed by atoms with E-state index in [2.05, 4.69) is 19.2 Å². The van der Waals surface area contributed by atoms with E-state index in [9.17, 15) is 13.2 Å². The maximum atomic E-state index is 12.7.